The van der Waals surface area contributed by atoms with Gasteiger partial charge < -0.3 is 9.84 Å². The summed E-state index contributed by atoms with van der Waals surface area (Å²) in [6.45, 7) is 2.31. The van der Waals surface area contributed by atoms with Gasteiger partial charge in [-0.2, -0.15) is 0 Å². The van der Waals surface area contributed by atoms with E-state index in [4.69, 9.17) is 11.2 Å². The number of fused-ring (bicyclic) bond motifs is 5. The zero-order chi connectivity index (χ0) is 16.9. The Hall–Kier alpha value is -1.46. The van der Waals surface area contributed by atoms with Gasteiger partial charge in [-0.3, -0.25) is 0 Å². The lowest BCUT2D eigenvalue weighted by Crippen LogP contribution is -2.50. The maximum absolute atomic E-state index is 11.2. The van der Waals surface area contributed by atoms with Crippen LogP contribution in [0.5, 0.6) is 5.75 Å². The van der Waals surface area contributed by atoms with Crippen LogP contribution >= 0.6 is 0 Å². The Kier molecular flexibility index (Phi) is 3.69. The Morgan fingerprint density at radius 1 is 1.29 bits per heavy atom. The fourth-order valence-electron chi connectivity index (χ4n) is 6.26. The van der Waals surface area contributed by atoms with Gasteiger partial charge in [0.2, 0.25) is 0 Å². The molecule has 2 heteroatoms. The van der Waals surface area contributed by atoms with Crippen molar-refractivity contribution in [3.8, 4) is 18.1 Å². The molecule has 4 rings (SSSR count). The van der Waals surface area contributed by atoms with E-state index in [2.05, 4.69) is 31.0 Å². The molecule has 0 radical (unpaired) electrons. The van der Waals surface area contributed by atoms with Crippen molar-refractivity contribution < 1.29 is 9.84 Å². The third-order valence-electron chi connectivity index (χ3n) is 7.65. The fourth-order valence-corrected chi connectivity index (χ4v) is 6.26. The van der Waals surface area contributed by atoms with Gasteiger partial charge in [-0.15, -0.1) is 12.3 Å². The zero-order valence-corrected chi connectivity index (χ0v) is 14.8. The average molecular weight is 324 g/mol. The molecule has 5 unspecified atom stereocenters. The van der Waals surface area contributed by atoms with Crippen molar-refractivity contribution in [2.75, 3.05) is 7.11 Å². The molecule has 0 aromatic heterocycles. The second-order valence-electron chi connectivity index (χ2n) is 8.39. The quantitative estimate of drug-likeness (QED) is 0.822. The molecule has 3 aliphatic carbocycles. The molecule has 128 valence electrons. The number of terminal acetylenes is 1. The monoisotopic (exact) mass is 324 g/mol. The van der Waals surface area contributed by atoms with Crippen LogP contribution in [-0.4, -0.2) is 17.8 Å². The smallest absolute Gasteiger partial charge is 0.119 e. The summed E-state index contributed by atoms with van der Waals surface area (Å²) in [6, 6.07) is 6.62. The highest BCUT2D eigenvalue weighted by atomic mass is 16.5. The minimum atomic E-state index is -0.655. The SMILES string of the molecule is C#CCC1(O)CCC2C3CCc4cc(OC)ccc4C3CCC21C. The van der Waals surface area contributed by atoms with E-state index in [0.29, 0.717) is 24.2 Å². The number of aryl methyl sites for hydroxylation is 1. The van der Waals surface area contributed by atoms with Crippen LogP contribution in [0, 0.1) is 29.6 Å². The lowest BCUT2D eigenvalue weighted by atomic mass is 9.53. The van der Waals surface area contributed by atoms with Crippen LogP contribution in [0.1, 0.15) is 62.5 Å². The van der Waals surface area contributed by atoms with Crippen molar-refractivity contribution in [1.82, 2.24) is 0 Å². The molecule has 0 amide bonds. The summed E-state index contributed by atoms with van der Waals surface area (Å²) < 4.78 is 5.40. The molecule has 24 heavy (non-hydrogen) atoms. The molecule has 0 saturated heterocycles. The Morgan fingerprint density at radius 2 is 2.12 bits per heavy atom. The summed E-state index contributed by atoms with van der Waals surface area (Å²) in [5, 5.41) is 11.2. The van der Waals surface area contributed by atoms with Crippen molar-refractivity contribution in [2.24, 2.45) is 17.3 Å². The van der Waals surface area contributed by atoms with E-state index in [-0.39, 0.29) is 5.41 Å². The average Bonchev–Trinajstić information content (AvgIpc) is 2.86. The largest absolute Gasteiger partial charge is 0.497 e. The van der Waals surface area contributed by atoms with Gasteiger partial charge in [-0.05, 0) is 79.5 Å². The third kappa shape index (κ3) is 2.07. The molecule has 0 heterocycles. The van der Waals surface area contributed by atoms with Gasteiger partial charge in [0.15, 0.2) is 0 Å². The molecule has 1 aromatic carbocycles. The number of benzene rings is 1. The Balaban J connectivity index is 1.67. The van der Waals surface area contributed by atoms with E-state index in [1.165, 1.54) is 24.0 Å². The molecular formula is C22H28O2. The lowest BCUT2D eigenvalue weighted by molar-refractivity contribution is -0.0990. The van der Waals surface area contributed by atoms with Crippen LogP contribution < -0.4 is 4.74 Å². The third-order valence-corrected chi connectivity index (χ3v) is 7.65. The minimum Gasteiger partial charge on any atom is -0.497 e. The van der Waals surface area contributed by atoms with Crippen LogP contribution in [0.25, 0.3) is 0 Å². The Bertz CT molecular complexity index is 688. The maximum atomic E-state index is 11.2. The molecule has 5 atom stereocenters. The van der Waals surface area contributed by atoms with E-state index in [0.717, 1.165) is 31.4 Å². The molecule has 3 aliphatic rings. The molecule has 0 spiro atoms. The van der Waals surface area contributed by atoms with Crippen LogP contribution in [0.2, 0.25) is 0 Å². The van der Waals surface area contributed by atoms with E-state index < -0.39 is 5.60 Å². The van der Waals surface area contributed by atoms with E-state index in [9.17, 15) is 5.11 Å². The minimum absolute atomic E-state index is 0.00941. The Morgan fingerprint density at radius 3 is 2.88 bits per heavy atom. The van der Waals surface area contributed by atoms with Crippen LogP contribution in [0.15, 0.2) is 18.2 Å². The van der Waals surface area contributed by atoms with Gasteiger partial charge in [0.1, 0.15) is 5.75 Å². The molecule has 1 aromatic rings. The number of rotatable bonds is 2. The highest BCUT2D eigenvalue weighted by Gasteiger charge is 2.61. The first kappa shape index (κ1) is 16.0. The summed E-state index contributed by atoms with van der Waals surface area (Å²) in [7, 11) is 1.74. The molecule has 0 aliphatic heterocycles. The standard InChI is InChI=1S/C22H28O2/c1-4-11-22(23)13-10-20-19-7-5-15-14-16(24-3)6-8-17(15)18(19)9-12-21(20,22)2/h1,6,8,14,18-20,23H,5,7,9-13H2,2-3H3. The van der Waals surface area contributed by atoms with Gasteiger partial charge in [-0.25, -0.2) is 0 Å². The number of ether oxygens (including phenoxy) is 1. The highest BCUT2D eigenvalue weighted by Crippen LogP contribution is 2.64. The normalized spacial score (nSPS) is 40.2. The van der Waals surface area contributed by atoms with Gasteiger partial charge in [0, 0.05) is 11.8 Å². The molecule has 2 nitrogen and oxygen atoms in total. The van der Waals surface area contributed by atoms with Gasteiger partial charge in [0.25, 0.3) is 0 Å². The van der Waals surface area contributed by atoms with Crippen LogP contribution in [0.3, 0.4) is 0 Å². The first-order valence-corrected chi connectivity index (χ1v) is 9.35. The van der Waals surface area contributed by atoms with Crippen LogP contribution in [0.4, 0.5) is 0 Å². The van der Waals surface area contributed by atoms with Crippen molar-refractivity contribution in [1.29, 1.82) is 0 Å². The summed E-state index contributed by atoms with van der Waals surface area (Å²) in [5.41, 5.74) is 2.33. The second kappa shape index (κ2) is 5.53. The van der Waals surface area contributed by atoms with Gasteiger partial charge >= 0.3 is 0 Å². The fraction of sp³-hybridized carbons (Fsp3) is 0.636. The number of hydrogen-bond donors (Lipinski definition) is 1. The van der Waals surface area contributed by atoms with Gasteiger partial charge in [0.05, 0.1) is 12.7 Å². The van der Waals surface area contributed by atoms with E-state index in [1.54, 1.807) is 7.11 Å². The number of methoxy groups -OCH3 is 1. The van der Waals surface area contributed by atoms with Crippen molar-refractivity contribution in [3.63, 3.8) is 0 Å². The highest BCUT2D eigenvalue weighted by molar-refractivity contribution is 5.41. The lowest BCUT2D eigenvalue weighted by Gasteiger charge is -2.53. The van der Waals surface area contributed by atoms with Gasteiger partial charge in [-0.1, -0.05) is 13.0 Å². The predicted molar refractivity (Wildman–Crippen MR) is 96.0 cm³/mol. The summed E-state index contributed by atoms with van der Waals surface area (Å²) >= 11 is 0. The van der Waals surface area contributed by atoms with Crippen molar-refractivity contribution in [2.45, 2.75) is 63.4 Å². The molecule has 2 saturated carbocycles. The molecule has 1 N–H and O–H groups in total. The molecule has 0 bridgehead atoms. The second-order valence-corrected chi connectivity index (χ2v) is 8.39. The summed E-state index contributed by atoms with van der Waals surface area (Å²) in [4.78, 5) is 0. The number of hydrogen-bond acceptors (Lipinski definition) is 2. The Labute approximate surface area is 145 Å². The van der Waals surface area contributed by atoms with E-state index >= 15 is 0 Å². The predicted octanol–water partition coefficient (Wildman–Crippen LogP) is 4.31. The maximum Gasteiger partial charge on any atom is 0.119 e. The van der Waals surface area contributed by atoms with Crippen molar-refractivity contribution in [3.05, 3.63) is 29.3 Å². The number of aliphatic hydroxyl groups is 1. The first-order valence-electron chi connectivity index (χ1n) is 9.35. The molecular weight excluding hydrogens is 296 g/mol. The molecule has 2 fully saturated rings. The summed E-state index contributed by atoms with van der Waals surface area (Å²) in [5.74, 6) is 5.65. The van der Waals surface area contributed by atoms with E-state index in [1.807, 2.05) is 0 Å². The first-order chi connectivity index (χ1) is 11.5. The zero-order valence-electron chi connectivity index (χ0n) is 14.8. The summed E-state index contributed by atoms with van der Waals surface area (Å²) in [6.07, 6.45) is 12.7. The van der Waals surface area contributed by atoms with Crippen molar-refractivity contribution >= 4 is 0 Å². The topological polar surface area (TPSA) is 29.5 Å². The van der Waals surface area contributed by atoms with Crippen LogP contribution in [-0.2, 0) is 6.42 Å².